The Morgan fingerprint density at radius 1 is 1.27 bits per heavy atom. The molecule has 1 fully saturated rings. The first-order chi connectivity index (χ1) is 17.4. The Labute approximate surface area is 236 Å². The Morgan fingerprint density at radius 3 is 2.59 bits per heavy atom. The molecule has 4 rings (SSSR count). The Hall–Kier alpha value is -2.20. The van der Waals surface area contributed by atoms with E-state index in [0.717, 1.165) is 39.9 Å². The average molecular weight is 638 g/mol. The molecule has 2 N–H and O–H groups in total. The van der Waals surface area contributed by atoms with Crippen LogP contribution in [0.15, 0.2) is 52.0 Å². The Balaban J connectivity index is 1.58. The zero-order valence-corrected chi connectivity index (χ0v) is 24.3. The second-order valence-corrected chi connectivity index (χ2v) is 12.6. The minimum atomic E-state index is -0.959. The number of halogens is 2. The van der Waals surface area contributed by atoms with Crippen LogP contribution in [0.2, 0.25) is 0 Å². The normalized spacial score (nSPS) is 25.4. The molecule has 0 aromatic heterocycles. The van der Waals surface area contributed by atoms with Crippen LogP contribution in [0.4, 0.5) is 0 Å². The Kier molecular flexibility index (Phi) is 8.19. The van der Waals surface area contributed by atoms with Gasteiger partial charge in [0.05, 0.1) is 12.0 Å². The number of aliphatic carboxylic acids is 1. The lowest BCUT2D eigenvalue weighted by atomic mass is 9.86. The molecule has 7 nitrogen and oxygen atoms in total. The third-order valence-electron chi connectivity index (χ3n) is 7.16. The molecule has 1 heterocycles. The molecule has 2 aliphatic carbocycles. The van der Waals surface area contributed by atoms with Crippen LogP contribution in [0, 0.1) is 17.3 Å². The number of alkyl halides is 1. The number of hydrogen-bond donors (Lipinski definition) is 2. The van der Waals surface area contributed by atoms with Crippen molar-refractivity contribution in [2.24, 2.45) is 22.2 Å². The van der Waals surface area contributed by atoms with Gasteiger partial charge in [0.2, 0.25) is 0 Å². The van der Waals surface area contributed by atoms with Crippen LogP contribution < -0.4 is 5.32 Å². The molecule has 3 atom stereocenters. The van der Waals surface area contributed by atoms with E-state index in [1.807, 2.05) is 23.1 Å². The fourth-order valence-electron chi connectivity index (χ4n) is 5.44. The number of carboxylic acid groups (broad SMARTS) is 1. The molecule has 1 aromatic carbocycles. The van der Waals surface area contributed by atoms with Crippen LogP contribution in [0.5, 0.6) is 0 Å². The van der Waals surface area contributed by atoms with Crippen molar-refractivity contribution in [1.82, 2.24) is 10.2 Å². The minimum Gasteiger partial charge on any atom is -0.481 e. The third kappa shape index (κ3) is 6.11. The van der Waals surface area contributed by atoms with Crippen molar-refractivity contribution in [1.29, 1.82) is 0 Å². The lowest BCUT2D eigenvalue weighted by Gasteiger charge is -2.31. The largest absolute Gasteiger partial charge is 0.481 e. The van der Waals surface area contributed by atoms with Gasteiger partial charge in [0.15, 0.2) is 0 Å². The molecule has 0 radical (unpaired) electrons. The van der Waals surface area contributed by atoms with E-state index in [1.54, 1.807) is 12.1 Å². The summed E-state index contributed by atoms with van der Waals surface area (Å²) in [6.07, 6.45) is 6.43. The van der Waals surface area contributed by atoms with Crippen LogP contribution in [-0.4, -0.2) is 51.1 Å². The first kappa shape index (κ1) is 27.8. The van der Waals surface area contributed by atoms with Gasteiger partial charge in [-0.05, 0) is 60.3 Å². The molecule has 0 saturated heterocycles. The number of benzene rings is 1. The van der Waals surface area contributed by atoms with Crippen molar-refractivity contribution in [3.63, 3.8) is 0 Å². The van der Waals surface area contributed by atoms with Crippen molar-refractivity contribution >= 4 is 57.7 Å². The zero-order chi connectivity index (χ0) is 27.0. The Morgan fingerprint density at radius 2 is 1.97 bits per heavy atom. The summed E-state index contributed by atoms with van der Waals surface area (Å²) in [5, 5.41) is 12.2. The molecule has 37 heavy (non-hydrogen) atoms. The highest BCUT2D eigenvalue weighted by Gasteiger charge is 2.62. The van der Waals surface area contributed by atoms with Gasteiger partial charge in [0.1, 0.15) is 12.4 Å². The van der Waals surface area contributed by atoms with Crippen molar-refractivity contribution in [3.8, 4) is 0 Å². The molecule has 2 unspecified atom stereocenters. The Bertz CT molecular complexity index is 1180. The highest BCUT2D eigenvalue weighted by molar-refractivity contribution is 14.1. The van der Waals surface area contributed by atoms with E-state index < -0.39 is 11.5 Å². The number of allylic oxidation sites excluding steroid dienone is 3. The van der Waals surface area contributed by atoms with Gasteiger partial charge in [-0.1, -0.05) is 73.2 Å². The second-order valence-electron chi connectivity index (χ2n) is 11.3. The number of amides is 2. The van der Waals surface area contributed by atoms with Gasteiger partial charge in [-0.2, -0.15) is 0 Å². The van der Waals surface area contributed by atoms with Gasteiger partial charge in [0.25, 0.3) is 11.8 Å². The van der Waals surface area contributed by atoms with E-state index in [0.29, 0.717) is 17.9 Å². The van der Waals surface area contributed by atoms with Gasteiger partial charge in [-0.25, -0.2) is 0 Å². The molecule has 1 saturated carbocycles. The number of carboxylic acids is 1. The summed E-state index contributed by atoms with van der Waals surface area (Å²) in [6, 6.07) is 7.34. The van der Waals surface area contributed by atoms with Crippen molar-refractivity contribution < 1.29 is 19.5 Å². The highest BCUT2D eigenvalue weighted by Crippen LogP contribution is 2.61. The number of hydrogen-bond acceptors (Lipinski definition) is 4. The monoisotopic (exact) mass is 637 g/mol. The molecule has 2 amide bonds. The minimum absolute atomic E-state index is 0.0721. The zero-order valence-electron chi connectivity index (χ0n) is 21.4. The topological polar surface area (TPSA) is 99.1 Å². The van der Waals surface area contributed by atoms with Gasteiger partial charge in [-0.3, -0.25) is 19.4 Å². The number of nitrogens with zero attached hydrogens (tertiary/aromatic N) is 2. The SMILES string of the molecule is CC(C)(C)CC1C[C@]1(c1ccc(C(=O)NCCC(=O)O)cc1)N1CN=C(C2=CC(CI)CC(Cl)=C2)C1=O. The fourth-order valence-corrected chi connectivity index (χ4v) is 6.32. The third-order valence-corrected chi connectivity index (χ3v) is 8.55. The maximum absolute atomic E-state index is 13.8. The lowest BCUT2D eigenvalue weighted by molar-refractivity contribution is -0.136. The first-order valence-electron chi connectivity index (χ1n) is 12.6. The van der Waals surface area contributed by atoms with Gasteiger partial charge in [-0.15, -0.1) is 0 Å². The smallest absolute Gasteiger partial charge is 0.305 e. The molecular weight excluding hydrogens is 605 g/mol. The molecule has 1 aromatic rings. The summed E-state index contributed by atoms with van der Waals surface area (Å²) in [4.78, 5) is 43.6. The molecule has 0 bridgehead atoms. The van der Waals surface area contributed by atoms with E-state index in [9.17, 15) is 14.4 Å². The van der Waals surface area contributed by atoms with Crippen molar-refractivity contribution in [2.45, 2.75) is 52.0 Å². The lowest BCUT2D eigenvalue weighted by Crippen LogP contribution is -2.41. The molecule has 1 aliphatic heterocycles. The molecule has 3 aliphatic rings. The second kappa shape index (κ2) is 10.9. The average Bonchev–Trinajstić information content (AvgIpc) is 3.38. The first-order valence-corrected chi connectivity index (χ1v) is 14.5. The molecule has 9 heteroatoms. The maximum atomic E-state index is 13.8. The summed E-state index contributed by atoms with van der Waals surface area (Å²) < 4.78 is 0.921. The quantitative estimate of drug-likeness (QED) is 0.284. The number of aliphatic imine (C=N–C) groups is 1. The van der Waals surface area contributed by atoms with Crippen LogP contribution in [0.25, 0.3) is 0 Å². The molecule has 0 spiro atoms. The molecule has 198 valence electrons. The predicted octanol–water partition coefficient (Wildman–Crippen LogP) is 5.29. The summed E-state index contributed by atoms with van der Waals surface area (Å²) in [5.74, 6) is -0.782. The summed E-state index contributed by atoms with van der Waals surface area (Å²) in [5.41, 5.74) is 2.35. The summed E-state index contributed by atoms with van der Waals surface area (Å²) >= 11 is 8.75. The maximum Gasteiger partial charge on any atom is 0.305 e. The fraction of sp³-hybridized carbons (Fsp3) is 0.500. The predicted molar refractivity (Wildman–Crippen MR) is 153 cm³/mol. The van der Waals surface area contributed by atoms with Crippen LogP contribution >= 0.6 is 34.2 Å². The van der Waals surface area contributed by atoms with Crippen LogP contribution in [0.3, 0.4) is 0 Å². The molecular formula is C28H33ClIN3O4. The number of carbonyl (C=O) groups excluding carboxylic acids is 2. The highest BCUT2D eigenvalue weighted by atomic mass is 127. The van der Waals surface area contributed by atoms with E-state index >= 15 is 0 Å². The van der Waals surface area contributed by atoms with E-state index in [-0.39, 0.29) is 42.0 Å². The van der Waals surface area contributed by atoms with E-state index in [1.165, 1.54) is 0 Å². The van der Waals surface area contributed by atoms with Gasteiger partial charge < -0.3 is 15.3 Å². The number of carbonyl (C=O) groups is 3. The summed E-state index contributed by atoms with van der Waals surface area (Å²) in [7, 11) is 0. The van der Waals surface area contributed by atoms with Gasteiger partial charge >= 0.3 is 5.97 Å². The summed E-state index contributed by atoms with van der Waals surface area (Å²) in [6.45, 7) is 6.99. The standard InChI is InChI=1S/C28H33ClIN3O4/c1-27(2,3)13-21-14-28(21,20-6-4-18(5-7-20)25(36)31-9-8-23(34)35)33-16-32-24(26(33)37)19-10-17(15-30)11-22(29)12-19/h4-7,10,12,17,21H,8-9,11,13-16H2,1-3H3,(H,31,36)(H,34,35)/t17?,21?,28-/m1/s1. The van der Waals surface area contributed by atoms with E-state index in [2.05, 4.69) is 59.7 Å². The number of nitrogens with one attached hydrogen (secondary N) is 1. The number of rotatable bonds is 9. The van der Waals surface area contributed by atoms with Crippen molar-refractivity contribution in [3.05, 3.63) is 58.1 Å². The van der Waals surface area contributed by atoms with Gasteiger partial charge in [0, 0.05) is 27.1 Å². The van der Waals surface area contributed by atoms with Crippen molar-refractivity contribution in [2.75, 3.05) is 17.6 Å². The van der Waals surface area contributed by atoms with Crippen LogP contribution in [0.1, 0.15) is 62.4 Å². The van der Waals surface area contributed by atoms with E-state index in [4.69, 9.17) is 16.7 Å². The van der Waals surface area contributed by atoms with Crippen LogP contribution in [-0.2, 0) is 15.1 Å².